The number of likely N-dealkylation sites (tertiary alicyclic amines) is 1. The number of halogens is 1. The van der Waals surface area contributed by atoms with Crippen LogP contribution in [0, 0.1) is 11.7 Å². The maximum absolute atomic E-state index is 13.7. The van der Waals surface area contributed by atoms with Crippen LogP contribution in [0.4, 0.5) is 4.39 Å². The van der Waals surface area contributed by atoms with Crippen molar-refractivity contribution in [3.63, 3.8) is 0 Å². The van der Waals surface area contributed by atoms with Gasteiger partial charge >= 0.3 is 0 Å². The summed E-state index contributed by atoms with van der Waals surface area (Å²) in [6.45, 7) is 2.20. The van der Waals surface area contributed by atoms with E-state index in [1.54, 1.807) is 0 Å². The Morgan fingerprint density at radius 2 is 1.78 bits per heavy atom. The summed E-state index contributed by atoms with van der Waals surface area (Å²) in [5.74, 6) is -1.06. The molecule has 2 saturated heterocycles. The summed E-state index contributed by atoms with van der Waals surface area (Å²) in [7, 11) is -3.77. The largest absolute Gasteiger partial charge is 0.369 e. The van der Waals surface area contributed by atoms with Crippen LogP contribution in [0.2, 0.25) is 0 Å². The van der Waals surface area contributed by atoms with Crippen LogP contribution in [0.5, 0.6) is 0 Å². The van der Waals surface area contributed by atoms with Crippen LogP contribution in [0.1, 0.15) is 12.8 Å². The van der Waals surface area contributed by atoms with E-state index in [1.165, 1.54) is 22.5 Å². The molecule has 126 valence electrons. The molecule has 0 atom stereocenters. The summed E-state index contributed by atoms with van der Waals surface area (Å²) in [5.41, 5.74) is 5.31. The van der Waals surface area contributed by atoms with Gasteiger partial charge in [0.05, 0.1) is 0 Å². The second kappa shape index (κ2) is 6.18. The van der Waals surface area contributed by atoms with Crippen LogP contribution < -0.4 is 5.73 Å². The average Bonchev–Trinajstić information content (AvgIpc) is 2.46. The maximum atomic E-state index is 13.7. The first-order chi connectivity index (χ1) is 10.9. The van der Waals surface area contributed by atoms with Gasteiger partial charge in [0, 0.05) is 25.0 Å². The molecule has 2 N–H and O–H groups in total. The van der Waals surface area contributed by atoms with Crippen molar-refractivity contribution < 1.29 is 17.6 Å². The van der Waals surface area contributed by atoms with Crippen molar-refractivity contribution in [3.8, 4) is 0 Å². The lowest BCUT2D eigenvalue weighted by molar-refractivity contribution is -0.123. The van der Waals surface area contributed by atoms with Gasteiger partial charge in [-0.3, -0.25) is 9.69 Å². The molecule has 6 nitrogen and oxygen atoms in total. The first kappa shape index (κ1) is 16.4. The summed E-state index contributed by atoms with van der Waals surface area (Å²) >= 11 is 0. The summed E-state index contributed by atoms with van der Waals surface area (Å²) in [6.07, 6.45) is 1.43. The van der Waals surface area contributed by atoms with Gasteiger partial charge in [-0.1, -0.05) is 12.1 Å². The third kappa shape index (κ3) is 3.11. The fourth-order valence-electron chi connectivity index (χ4n) is 3.19. The second-order valence-corrected chi connectivity index (χ2v) is 8.03. The summed E-state index contributed by atoms with van der Waals surface area (Å²) in [6, 6.07) is 5.55. The highest BCUT2D eigenvalue weighted by molar-refractivity contribution is 7.89. The molecule has 1 aromatic carbocycles. The Kier molecular flexibility index (Phi) is 4.39. The van der Waals surface area contributed by atoms with Crippen molar-refractivity contribution >= 4 is 15.9 Å². The van der Waals surface area contributed by atoms with Crippen molar-refractivity contribution in [2.45, 2.75) is 23.8 Å². The lowest BCUT2D eigenvalue weighted by atomic mass is 9.94. The molecule has 0 radical (unpaired) electrons. The van der Waals surface area contributed by atoms with Gasteiger partial charge in [-0.25, -0.2) is 12.8 Å². The number of nitrogens with zero attached hydrogens (tertiary/aromatic N) is 2. The lowest BCUT2D eigenvalue weighted by Crippen LogP contribution is -2.62. The number of benzene rings is 1. The average molecular weight is 341 g/mol. The Bertz CT molecular complexity index is 696. The third-order valence-corrected chi connectivity index (χ3v) is 6.60. The van der Waals surface area contributed by atoms with Gasteiger partial charge in [-0.05, 0) is 38.1 Å². The monoisotopic (exact) mass is 341 g/mol. The van der Waals surface area contributed by atoms with Gasteiger partial charge in [0.25, 0.3) is 0 Å². The van der Waals surface area contributed by atoms with Gasteiger partial charge < -0.3 is 5.73 Å². The molecule has 2 fully saturated rings. The minimum atomic E-state index is -3.77. The Morgan fingerprint density at radius 3 is 2.35 bits per heavy atom. The SMILES string of the molecule is NC(=O)C1CCN(C2CN(S(=O)(=O)c3ccccc3F)C2)CC1. The molecular formula is C15H20FN3O3S. The summed E-state index contributed by atoms with van der Waals surface area (Å²) < 4.78 is 39.8. The lowest BCUT2D eigenvalue weighted by Gasteiger charge is -2.46. The third-order valence-electron chi connectivity index (χ3n) is 4.73. The molecule has 2 aliphatic rings. The molecule has 1 amide bonds. The smallest absolute Gasteiger partial charge is 0.246 e. The molecule has 1 aromatic rings. The molecule has 0 unspecified atom stereocenters. The maximum Gasteiger partial charge on any atom is 0.246 e. The Morgan fingerprint density at radius 1 is 1.17 bits per heavy atom. The summed E-state index contributed by atoms with van der Waals surface area (Å²) in [5, 5.41) is 0. The number of piperidine rings is 1. The van der Waals surface area contributed by atoms with Crippen LogP contribution >= 0.6 is 0 Å². The molecule has 2 aliphatic heterocycles. The van der Waals surface area contributed by atoms with E-state index in [4.69, 9.17) is 5.73 Å². The molecule has 23 heavy (non-hydrogen) atoms. The number of rotatable bonds is 4. The molecule has 0 aliphatic carbocycles. The first-order valence-electron chi connectivity index (χ1n) is 7.67. The highest BCUT2D eigenvalue weighted by Crippen LogP contribution is 2.28. The quantitative estimate of drug-likeness (QED) is 0.859. The number of primary amides is 1. The van der Waals surface area contributed by atoms with Crippen molar-refractivity contribution in [1.82, 2.24) is 9.21 Å². The zero-order valence-electron chi connectivity index (χ0n) is 12.7. The van der Waals surface area contributed by atoms with Gasteiger partial charge in [0.15, 0.2) is 0 Å². The topological polar surface area (TPSA) is 83.7 Å². The number of nitrogens with two attached hydrogens (primary N) is 1. The molecule has 0 bridgehead atoms. The van der Waals surface area contributed by atoms with E-state index in [0.717, 1.165) is 19.2 Å². The van der Waals surface area contributed by atoms with E-state index < -0.39 is 15.8 Å². The van der Waals surface area contributed by atoms with Crippen molar-refractivity contribution in [2.75, 3.05) is 26.2 Å². The van der Waals surface area contributed by atoms with Crippen molar-refractivity contribution in [2.24, 2.45) is 11.7 Å². The second-order valence-electron chi connectivity index (χ2n) is 6.12. The predicted molar refractivity (Wildman–Crippen MR) is 82.4 cm³/mol. The van der Waals surface area contributed by atoms with E-state index >= 15 is 0 Å². The molecular weight excluding hydrogens is 321 g/mol. The van der Waals surface area contributed by atoms with Crippen molar-refractivity contribution in [1.29, 1.82) is 0 Å². The number of carbonyl (C=O) groups excluding carboxylic acids is 1. The zero-order chi connectivity index (χ0) is 16.6. The number of hydrogen-bond donors (Lipinski definition) is 1. The summed E-state index contributed by atoms with van der Waals surface area (Å²) in [4.78, 5) is 13.1. The predicted octanol–water partition coefficient (Wildman–Crippen LogP) is 0.396. The number of hydrogen-bond acceptors (Lipinski definition) is 4. The normalized spacial score (nSPS) is 22.0. The fraction of sp³-hybridized carbons (Fsp3) is 0.533. The van der Waals surface area contributed by atoms with Crippen LogP contribution in [-0.2, 0) is 14.8 Å². The van der Waals surface area contributed by atoms with E-state index in [1.807, 2.05) is 0 Å². The van der Waals surface area contributed by atoms with Crippen LogP contribution in [0.25, 0.3) is 0 Å². The van der Waals surface area contributed by atoms with Gasteiger partial charge in [-0.15, -0.1) is 0 Å². The standard InChI is InChI=1S/C15H20FN3O3S/c16-13-3-1-2-4-14(13)23(21,22)19-9-12(10-19)18-7-5-11(6-8-18)15(17)20/h1-4,11-12H,5-10H2,(H2,17,20). The van der Waals surface area contributed by atoms with Gasteiger partial charge in [0.2, 0.25) is 15.9 Å². The van der Waals surface area contributed by atoms with Crippen LogP contribution in [-0.4, -0.2) is 55.8 Å². The number of carbonyl (C=O) groups is 1. The van der Waals surface area contributed by atoms with E-state index in [-0.39, 0.29) is 22.8 Å². The minimum absolute atomic E-state index is 0.0791. The van der Waals surface area contributed by atoms with E-state index in [2.05, 4.69) is 4.90 Å². The van der Waals surface area contributed by atoms with Gasteiger partial charge in [0.1, 0.15) is 10.7 Å². The fourth-order valence-corrected chi connectivity index (χ4v) is 4.77. The Balaban J connectivity index is 1.59. The minimum Gasteiger partial charge on any atom is -0.369 e. The number of sulfonamides is 1. The highest BCUT2D eigenvalue weighted by Gasteiger charge is 2.41. The molecule has 8 heteroatoms. The van der Waals surface area contributed by atoms with Gasteiger partial charge in [-0.2, -0.15) is 4.31 Å². The van der Waals surface area contributed by atoms with E-state index in [9.17, 15) is 17.6 Å². The van der Waals surface area contributed by atoms with Crippen LogP contribution in [0.15, 0.2) is 29.2 Å². The van der Waals surface area contributed by atoms with E-state index in [0.29, 0.717) is 25.9 Å². The molecule has 3 rings (SSSR count). The molecule has 0 spiro atoms. The van der Waals surface area contributed by atoms with Crippen LogP contribution in [0.3, 0.4) is 0 Å². The zero-order valence-corrected chi connectivity index (χ0v) is 13.5. The Hall–Kier alpha value is -1.51. The molecule has 2 heterocycles. The first-order valence-corrected chi connectivity index (χ1v) is 9.11. The molecule has 0 saturated carbocycles. The Labute approximate surface area is 135 Å². The number of amides is 1. The molecule has 0 aromatic heterocycles. The highest BCUT2D eigenvalue weighted by atomic mass is 32.2. The van der Waals surface area contributed by atoms with Crippen molar-refractivity contribution in [3.05, 3.63) is 30.1 Å².